The molecule has 1 saturated heterocycles. The van der Waals surface area contributed by atoms with Gasteiger partial charge in [-0.2, -0.15) is 0 Å². The summed E-state index contributed by atoms with van der Waals surface area (Å²) in [7, 11) is 0. The molecule has 1 aromatic heterocycles. The third kappa shape index (κ3) is 3.76. The van der Waals surface area contributed by atoms with Crippen LogP contribution in [-0.2, 0) is 4.79 Å². The minimum Gasteiger partial charge on any atom is -0.481 e. The number of aromatic nitrogens is 1. The maximum absolute atomic E-state index is 12.9. The number of pyridine rings is 1. The van der Waals surface area contributed by atoms with Crippen LogP contribution in [0, 0.1) is 11.8 Å². The Morgan fingerprint density at radius 3 is 2.65 bits per heavy atom. The number of carboxylic acid groups (broad SMARTS) is 1. The van der Waals surface area contributed by atoms with E-state index in [1.807, 2.05) is 6.92 Å². The molecule has 2 atom stereocenters. The van der Waals surface area contributed by atoms with Crippen molar-refractivity contribution in [2.45, 2.75) is 6.92 Å². The van der Waals surface area contributed by atoms with Gasteiger partial charge in [-0.05, 0) is 36.2 Å². The van der Waals surface area contributed by atoms with Gasteiger partial charge >= 0.3 is 5.97 Å². The first-order valence-electron chi connectivity index (χ1n) is 8.06. The third-order valence-corrected chi connectivity index (χ3v) is 5.18. The highest BCUT2D eigenvalue weighted by molar-refractivity contribution is 6.42. The van der Waals surface area contributed by atoms with Crippen LogP contribution in [-0.4, -0.2) is 40.0 Å². The number of benzene rings is 1. The summed E-state index contributed by atoms with van der Waals surface area (Å²) < 4.78 is 0. The van der Waals surface area contributed by atoms with Gasteiger partial charge in [0.2, 0.25) is 0 Å². The van der Waals surface area contributed by atoms with Crippen LogP contribution >= 0.6 is 23.2 Å². The first-order valence-corrected chi connectivity index (χ1v) is 8.81. The number of likely N-dealkylation sites (tertiary alicyclic amines) is 1. The first kappa shape index (κ1) is 18.5. The van der Waals surface area contributed by atoms with Crippen molar-refractivity contribution in [1.29, 1.82) is 0 Å². The highest BCUT2D eigenvalue weighted by Gasteiger charge is 2.37. The zero-order valence-electron chi connectivity index (χ0n) is 13.9. The fourth-order valence-electron chi connectivity index (χ4n) is 3.01. The van der Waals surface area contributed by atoms with Crippen LogP contribution in [0.1, 0.15) is 17.3 Å². The van der Waals surface area contributed by atoms with E-state index < -0.39 is 11.9 Å². The molecule has 0 aliphatic carbocycles. The summed E-state index contributed by atoms with van der Waals surface area (Å²) in [4.78, 5) is 30.0. The van der Waals surface area contributed by atoms with Crippen LogP contribution < -0.4 is 5.32 Å². The fourth-order valence-corrected chi connectivity index (χ4v) is 3.31. The molecule has 0 spiro atoms. The second-order valence-corrected chi connectivity index (χ2v) is 7.10. The fraction of sp³-hybridized carbons (Fsp3) is 0.278. The van der Waals surface area contributed by atoms with E-state index in [1.165, 1.54) is 0 Å². The minimum atomic E-state index is -0.881. The Hall–Kier alpha value is -2.31. The Labute approximate surface area is 160 Å². The van der Waals surface area contributed by atoms with Crippen LogP contribution in [0.3, 0.4) is 0 Å². The van der Waals surface area contributed by atoms with E-state index in [9.17, 15) is 14.7 Å². The summed E-state index contributed by atoms with van der Waals surface area (Å²) >= 11 is 11.9. The van der Waals surface area contributed by atoms with Gasteiger partial charge < -0.3 is 15.3 Å². The highest BCUT2D eigenvalue weighted by Crippen LogP contribution is 2.29. The molecule has 0 bridgehead atoms. The van der Waals surface area contributed by atoms with Crippen molar-refractivity contribution in [3.63, 3.8) is 0 Å². The van der Waals surface area contributed by atoms with E-state index in [4.69, 9.17) is 23.2 Å². The maximum Gasteiger partial charge on any atom is 0.308 e. The number of carbonyl (C=O) groups excluding carboxylic acids is 1. The normalized spacial score (nSPS) is 19.4. The Morgan fingerprint density at radius 2 is 2.00 bits per heavy atom. The molecule has 136 valence electrons. The van der Waals surface area contributed by atoms with Gasteiger partial charge in [-0.15, -0.1) is 0 Å². The van der Waals surface area contributed by atoms with Gasteiger partial charge in [0, 0.05) is 25.0 Å². The second-order valence-electron chi connectivity index (χ2n) is 6.29. The van der Waals surface area contributed by atoms with E-state index >= 15 is 0 Å². The molecule has 26 heavy (non-hydrogen) atoms. The standard InChI is InChI=1S/C18H17Cl2N3O3/c1-10-8-23(9-13(10)18(25)26)17(24)12-3-2-6-21-16(12)22-11-4-5-14(19)15(20)7-11/h2-7,10,13H,8-9H2,1H3,(H,21,22)(H,25,26)/t10-,13-/m1/s1. The maximum atomic E-state index is 12.9. The van der Waals surface area contributed by atoms with E-state index in [2.05, 4.69) is 10.3 Å². The third-order valence-electron chi connectivity index (χ3n) is 4.44. The van der Waals surface area contributed by atoms with Crippen LogP contribution in [0.5, 0.6) is 0 Å². The lowest BCUT2D eigenvalue weighted by Gasteiger charge is -2.18. The van der Waals surface area contributed by atoms with Gasteiger partial charge in [0.25, 0.3) is 5.91 Å². The number of nitrogens with one attached hydrogen (secondary N) is 1. The lowest BCUT2D eigenvalue weighted by molar-refractivity contribution is -0.142. The van der Waals surface area contributed by atoms with Crippen LogP contribution in [0.15, 0.2) is 36.5 Å². The lowest BCUT2D eigenvalue weighted by Crippen LogP contribution is -2.30. The largest absolute Gasteiger partial charge is 0.481 e. The van der Waals surface area contributed by atoms with Crippen LogP contribution in [0.25, 0.3) is 0 Å². The highest BCUT2D eigenvalue weighted by atomic mass is 35.5. The molecule has 1 fully saturated rings. The summed E-state index contributed by atoms with van der Waals surface area (Å²) in [6, 6.07) is 8.35. The smallest absolute Gasteiger partial charge is 0.308 e. The van der Waals surface area contributed by atoms with Crippen LogP contribution in [0.4, 0.5) is 11.5 Å². The molecule has 2 N–H and O–H groups in total. The van der Waals surface area contributed by atoms with Gasteiger partial charge in [-0.1, -0.05) is 30.1 Å². The molecule has 8 heteroatoms. The van der Waals surface area contributed by atoms with Gasteiger partial charge in [-0.3, -0.25) is 9.59 Å². The minimum absolute atomic E-state index is 0.0976. The Kier molecular flexibility index (Phi) is 5.34. The predicted octanol–water partition coefficient (Wildman–Crippen LogP) is 3.92. The molecular weight excluding hydrogens is 377 g/mol. The Balaban J connectivity index is 1.84. The number of hydrogen-bond acceptors (Lipinski definition) is 4. The summed E-state index contributed by atoms with van der Waals surface area (Å²) in [5.41, 5.74) is 1.02. The van der Waals surface area contributed by atoms with Gasteiger partial charge in [0.1, 0.15) is 5.82 Å². The molecule has 2 aromatic rings. The van der Waals surface area contributed by atoms with Crippen molar-refractivity contribution in [2.75, 3.05) is 18.4 Å². The van der Waals surface area contributed by atoms with Gasteiger partial charge in [-0.25, -0.2) is 4.98 Å². The monoisotopic (exact) mass is 393 g/mol. The lowest BCUT2D eigenvalue weighted by atomic mass is 9.99. The topological polar surface area (TPSA) is 82.5 Å². The average molecular weight is 394 g/mol. The molecule has 0 saturated carbocycles. The molecule has 0 unspecified atom stereocenters. The molecule has 3 rings (SSSR count). The average Bonchev–Trinajstić information content (AvgIpc) is 3.00. The number of nitrogens with zero attached hydrogens (tertiary/aromatic N) is 2. The number of amides is 1. The molecule has 6 nitrogen and oxygen atoms in total. The molecular formula is C18H17Cl2N3O3. The number of halogens is 2. The SMILES string of the molecule is C[C@@H]1CN(C(=O)c2cccnc2Nc2ccc(Cl)c(Cl)c2)C[C@H]1C(=O)O. The van der Waals surface area contributed by atoms with Crippen molar-refractivity contribution >= 4 is 46.6 Å². The van der Waals surface area contributed by atoms with Crippen LogP contribution in [0.2, 0.25) is 10.0 Å². The van der Waals surface area contributed by atoms with Gasteiger partial charge in [0.15, 0.2) is 0 Å². The first-order chi connectivity index (χ1) is 12.4. The number of rotatable bonds is 4. The quantitative estimate of drug-likeness (QED) is 0.821. The Morgan fingerprint density at radius 1 is 1.23 bits per heavy atom. The zero-order chi connectivity index (χ0) is 18.8. The zero-order valence-corrected chi connectivity index (χ0v) is 15.5. The number of hydrogen-bond donors (Lipinski definition) is 2. The molecule has 1 aliphatic rings. The van der Waals surface area contributed by atoms with E-state index in [0.717, 1.165) is 0 Å². The molecule has 1 amide bonds. The van der Waals surface area contributed by atoms with Crippen molar-refractivity contribution < 1.29 is 14.7 Å². The van der Waals surface area contributed by atoms with E-state index in [-0.39, 0.29) is 18.4 Å². The van der Waals surface area contributed by atoms with E-state index in [0.29, 0.717) is 33.7 Å². The number of anilines is 2. The summed E-state index contributed by atoms with van der Waals surface area (Å²) in [5, 5.41) is 13.2. The number of aliphatic carboxylic acids is 1. The van der Waals surface area contributed by atoms with Crippen molar-refractivity contribution in [1.82, 2.24) is 9.88 Å². The molecule has 1 aliphatic heterocycles. The van der Waals surface area contributed by atoms with E-state index in [1.54, 1.807) is 41.4 Å². The number of carboxylic acids is 1. The van der Waals surface area contributed by atoms with Crippen molar-refractivity contribution in [3.8, 4) is 0 Å². The molecule has 0 radical (unpaired) electrons. The second kappa shape index (κ2) is 7.51. The van der Waals surface area contributed by atoms with Crippen molar-refractivity contribution in [3.05, 3.63) is 52.1 Å². The van der Waals surface area contributed by atoms with Gasteiger partial charge in [0.05, 0.1) is 21.5 Å². The predicted molar refractivity (Wildman–Crippen MR) is 100 cm³/mol. The summed E-state index contributed by atoms with van der Waals surface area (Å²) in [6.07, 6.45) is 1.57. The summed E-state index contributed by atoms with van der Waals surface area (Å²) in [6.45, 7) is 2.43. The molecule has 1 aromatic carbocycles. The molecule has 2 heterocycles. The van der Waals surface area contributed by atoms with Crippen molar-refractivity contribution in [2.24, 2.45) is 11.8 Å². The summed E-state index contributed by atoms with van der Waals surface area (Å²) in [5.74, 6) is -1.41. The number of carbonyl (C=O) groups is 2. The Bertz CT molecular complexity index is 859.